The minimum atomic E-state index is -0.844. The predicted molar refractivity (Wildman–Crippen MR) is 104 cm³/mol. The molecule has 2 N–H and O–H groups in total. The Kier molecular flexibility index (Phi) is 5.24. The molecular formula is C21H23N5O3. The number of rotatable bonds is 4. The Labute approximate surface area is 168 Å². The molecule has 2 aromatic rings. The molecule has 29 heavy (non-hydrogen) atoms. The van der Waals surface area contributed by atoms with Crippen molar-refractivity contribution in [2.24, 2.45) is 5.41 Å². The van der Waals surface area contributed by atoms with Gasteiger partial charge in [-0.3, -0.25) is 14.4 Å². The van der Waals surface area contributed by atoms with Gasteiger partial charge in [0.05, 0.1) is 5.41 Å². The Morgan fingerprint density at radius 2 is 2.07 bits per heavy atom. The lowest BCUT2D eigenvalue weighted by atomic mass is 9.69. The standard InChI is InChI=1S/C21H23N5O3/c27-18-6-9-21(20(29)23-12-15-4-2-1-3-5-15)13-26(11-8-17(21)25-18)19(28)16-7-10-22-14-24-16/h1-5,7,10,14,17H,6,8-9,11-13H2,(H,23,29)(H,25,27)/t17-,21+/m1/s1. The maximum atomic E-state index is 13.3. The highest BCUT2D eigenvalue weighted by molar-refractivity contribution is 5.94. The van der Waals surface area contributed by atoms with Gasteiger partial charge in [0.15, 0.2) is 0 Å². The summed E-state index contributed by atoms with van der Waals surface area (Å²) in [5, 5.41) is 5.99. The van der Waals surface area contributed by atoms with Gasteiger partial charge in [0.1, 0.15) is 12.0 Å². The predicted octanol–water partition coefficient (Wildman–Crippen LogP) is 0.904. The number of hydrogen-bond donors (Lipinski definition) is 2. The van der Waals surface area contributed by atoms with Gasteiger partial charge in [0.25, 0.3) is 5.91 Å². The molecule has 2 aliphatic rings. The van der Waals surface area contributed by atoms with Gasteiger partial charge >= 0.3 is 0 Å². The molecule has 2 fully saturated rings. The van der Waals surface area contributed by atoms with Gasteiger partial charge in [0.2, 0.25) is 11.8 Å². The lowest BCUT2D eigenvalue weighted by molar-refractivity contribution is -0.142. The van der Waals surface area contributed by atoms with Crippen LogP contribution in [-0.2, 0) is 16.1 Å². The molecular weight excluding hydrogens is 370 g/mol. The average molecular weight is 393 g/mol. The van der Waals surface area contributed by atoms with E-state index in [1.54, 1.807) is 11.0 Å². The van der Waals surface area contributed by atoms with Gasteiger partial charge < -0.3 is 15.5 Å². The maximum Gasteiger partial charge on any atom is 0.272 e. The molecule has 0 aliphatic carbocycles. The molecule has 0 radical (unpaired) electrons. The molecule has 2 saturated heterocycles. The van der Waals surface area contributed by atoms with Gasteiger partial charge in [-0.15, -0.1) is 0 Å². The van der Waals surface area contributed by atoms with Gasteiger partial charge in [-0.05, 0) is 24.5 Å². The first kappa shape index (κ1) is 19.0. The lowest BCUT2D eigenvalue weighted by Gasteiger charge is -2.49. The second-order valence-corrected chi connectivity index (χ2v) is 7.55. The summed E-state index contributed by atoms with van der Waals surface area (Å²) in [6.07, 6.45) is 4.07. The van der Waals surface area contributed by atoms with Gasteiger partial charge in [0, 0.05) is 38.3 Å². The molecule has 4 rings (SSSR count). The summed E-state index contributed by atoms with van der Waals surface area (Å²) in [5.41, 5.74) is 0.459. The van der Waals surface area contributed by atoms with E-state index in [-0.39, 0.29) is 36.7 Å². The number of nitrogens with one attached hydrogen (secondary N) is 2. The van der Waals surface area contributed by atoms with Crippen molar-refractivity contribution >= 4 is 17.7 Å². The Morgan fingerprint density at radius 1 is 1.24 bits per heavy atom. The normalized spacial score (nSPS) is 23.7. The quantitative estimate of drug-likeness (QED) is 0.803. The molecule has 3 amide bonds. The van der Waals surface area contributed by atoms with Crippen molar-refractivity contribution < 1.29 is 14.4 Å². The molecule has 8 nitrogen and oxygen atoms in total. The third-order valence-electron chi connectivity index (χ3n) is 5.80. The monoisotopic (exact) mass is 393 g/mol. The first-order valence-electron chi connectivity index (χ1n) is 9.75. The van der Waals surface area contributed by atoms with Crippen molar-refractivity contribution in [3.63, 3.8) is 0 Å². The Bertz CT molecular complexity index is 905. The van der Waals surface area contributed by atoms with Crippen LogP contribution in [0, 0.1) is 5.41 Å². The SMILES string of the molecule is O=C1CC[C@]2(C(=O)NCc3ccccc3)CN(C(=O)c3ccncn3)CC[C@H]2N1. The third-order valence-corrected chi connectivity index (χ3v) is 5.80. The first-order chi connectivity index (χ1) is 14.1. The zero-order chi connectivity index (χ0) is 20.3. The zero-order valence-electron chi connectivity index (χ0n) is 16.0. The summed E-state index contributed by atoms with van der Waals surface area (Å²) >= 11 is 0. The van der Waals surface area contributed by atoms with E-state index in [4.69, 9.17) is 0 Å². The van der Waals surface area contributed by atoms with Gasteiger partial charge in [-0.1, -0.05) is 30.3 Å². The second kappa shape index (κ2) is 7.98. The number of piperidine rings is 2. The van der Waals surface area contributed by atoms with E-state index in [0.29, 0.717) is 31.6 Å². The van der Waals surface area contributed by atoms with E-state index in [0.717, 1.165) is 5.56 Å². The molecule has 0 bridgehead atoms. The van der Waals surface area contributed by atoms with Crippen molar-refractivity contribution in [2.75, 3.05) is 13.1 Å². The van der Waals surface area contributed by atoms with E-state index in [1.165, 1.54) is 12.5 Å². The fourth-order valence-electron chi connectivity index (χ4n) is 4.21. The summed E-state index contributed by atoms with van der Waals surface area (Å²) in [6.45, 7) is 1.12. The van der Waals surface area contributed by atoms with Crippen LogP contribution in [0.15, 0.2) is 48.9 Å². The number of aromatic nitrogens is 2. The fraction of sp³-hybridized carbons (Fsp3) is 0.381. The van der Waals surface area contributed by atoms with Crippen LogP contribution in [-0.4, -0.2) is 51.7 Å². The third kappa shape index (κ3) is 3.83. The summed E-state index contributed by atoms with van der Waals surface area (Å²) in [6, 6.07) is 11.0. The maximum absolute atomic E-state index is 13.3. The van der Waals surface area contributed by atoms with Crippen molar-refractivity contribution in [3.8, 4) is 0 Å². The lowest BCUT2D eigenvalue weighted by Crippen LogP contribution is -2.66. The summed E-state index contributed by atoms with van der Waals surface area (Å²) in [7, 11) is 0. The highest BCUT2D eigenvalue weighted by Gasteiger charge is 2.52. The van der Waals surface area contributed by atoms with Crippen molar-refractivity contribution in [1.29, 1.82) is 0 Å². The van der Waals surface area contributed by atoms with Crippen LogP contribution in [0.2, 0.25) is 0 Å². The number of fused-ring (bicyclic) bond motifs is 1. The van der Waals surface area contributed by atoms with Crippen LogP contribution < -0.4 is 10.6 Å². The molecule has 0 spiro atoms. The fourth-order valence-corrected chi connectivity index (χ4v) is 4.21. The van der Waals surface area contributed by atoms with Crippen LogP contribution >= 0.6 is 0 Å². The van der Waals surface area contributed by atoms with Gasteiger partial charge in [-0.2, -0.15) is 0 Å². The van der Waals surface area contributed by atoms with E-state index < -0.39 is 5.41 Å². The number of carbonyl (C=O) groups excluding carboxylic acids is 3. The minimum absolute atomic E-state index is 0.0444. The molecule has 1 aromatic carbocycles. The van der Waals surface area contributed by atoms with Crippen molar-refractivity contribution in [2.45, 2.75) is 31.8 Å². The number of benzene rings is 1. The van der Waals surface area contributed by atoms with Gasteiger partial charge in [-0.25, -0.2) is 9.97 Å². The highest BCUT2D eigenvalue weighted by atomic mass is 16.2. The summed E-state index contributed by atoms with van der Waals surface area (Å²) < 4.78 is 0. The first-order valence-corrected chi connectivity index (χ1v) is 9.75. The number of nitrogens with zero attached hydrogens (tertiary/aromatic N) is 3. The van der Waals surface area contributed by atoms with Crippen LogP contribution in [0.25, 0.3) is 0 Å². The van der Waals surface area contributed by atoms with E-state index in [2.05, 4.69) is 20.6 Å². The second-order valence-electron chi connectivity index (χ2n) is 7.55. The Morgan fingerprint density at radius 3 is 2.83 bits per heavy atom. The molecule has 150 valence electrons. The molecule has 0 saturated carbocycles. The average Bonchev–Trinajstić information content (AvgIpc) is 2.78. The molecule has 0 unspecified atom stereocenters. The van der Waals surface area contributed by atoms with Crippen molar-refractivity contribution in [3.05, 3.63) is 60.2 Å². The zero-order valence-corrected chi connectivity index (χ0v) is 16.0. The number of amides is 3. The van der Waals surface area contributed by atoms with E-state index in [1.807, 2.05) is 30.3 Å². The molecule has 1 aromatic heterocycles. The number of likely N-dealkylation sites (tertiary alicyclic amines) is 1. The minimum Gasteiger partial charge on any atom is -0.352 e. The van der Waals surface area contributed by atoms with Crippen LogP contribution in [0.1, 0.15) is 35.3 Å². The molecule has 2 aliphatic heterocycles. The Balaban J connectivity index is 1.54. The van der Waals surface area contributed by atoms with E-state index >= 15 is 0 Å². The van der Waals surface area contributed by atoms with Crippen LogP contribution in [0.3, 0.4) is 0 Å². The highest BCUT2D eigenvalue weighted by Crippen LogP contribution is 2.38. The molecule has 8 heteroatoms. The topological polar surface area (TPSA) is 104 Å². The smallest absolute Gasteiger partial charge is 0.272 e. The van der Waals surface area contributed by atoms with Crippen molar-refractivity contribution in [1.82, 2.24) is 25.5 Å². The van der Waals surface area contributed by atoms with Crippen LogP contribution in [0.5, 0.6) is 0 Å². The summed E-state index contributed by atoms with van der Waals surface area (Å²) in [5.74, 6) is -0.401. The number of carbonyl (C=O) groups is 3. The van der Waals surface area contributed by atoms with Crippen LogP contribution in [0.4, 0.5) is 0 Å². The molecule has 3 heterocycles. The summed E-state index contributed by atoms with van der Waals surface area (Å²) in [4.78, 5) is 47.7. The number of hydrogen-bond acceptors (Lipinski definition) is 5. The Hall–Kier alpha value is -3.29. The molecule has 2 atom stereocenters. The largest absolute Gasteiger partial charge is 0.352 e. The van der Waals surface area contributed by atoms with E-state index in [9.17, 15) is 14.4 Å².